The lowest BCUT2D eigenvalue weighted by Crippen LogP contribution is -2.37. The molecule has 6 heterocycles. The summed E-state index contributed by atoms with van der Waals surface area (Å²) in [6.45, 7) is 0.132. The largest absolute Gasteiger partial charge is 0.472 e. The fraction of sp³-hybridized carbons (Fsp3) is 0.565. The number of nitrogens with two attached hydrogens (primary N) is 1. The summed E-state index contributed by atoms with van der Waals surface area (Å²) in [5.74, 6) is -0.271. The van der Waals surface area contributed by atoms with Gasteiger partial charge in [-0.3, -0.25) is 27.5 Å². The van der Waals surface area contributed by atoms with Gasteiger partial charge in [0.05, 0.1) is 38.0 Å². The Morgan fingerprint density at radius 1 is 1.04 bits per heavy atom. The predicted molar refractivity (Wildman–Crippen MR) is 148 cm³/mol. The van der Waals surface area contributed by atoms with Crippen LogP contribution in [0.15, 0.2) is 23.8 Å². The first-order valence-electron chi connectivity index (χ1n) is 13.9. The van der Waals surface area contributed by atoms with Gasteiger partial charge < -0.3 is 34.9 Å². The van der Waals surface area contributed by atoms with Crippen LogP contribution in [-0.4, -0.2) is 97.7 Å². The average Bonchev–Trinajstić information content (AvgIpc) is 3.24. The number of phosphoric ester groups is 2. The molecule has 11 atom stereocenters. The highest BCUT2D eigenvalue weighted by atomic mass is 31.2. The molecule has 4 fully saturated rings. The van der Waals surface area contributed by atoms with Crippen LogP contribution < -0.4 is 11.3 Å². The van der Waals surface area contributed by atoms with Crippen molar-refractivity contribution in [2.75, 3.05) is 18.9 Å². The zero-order valence-electron chi connectivity index (χ0n) is 23.6. The number of aromatic nitrogens is 8. The van der Waals surface area contributed by atoms with Gasteiger partial charge in [-0.1, -0.05) is 0 Å². The third kappa shape index (κ3) is 4.57. The number of fused-ring (bicyclic) bond motifs is 4. The first-order chi connectivity index (χ1) is 21.8. The number of aliphatic hydroxyl groups is 1. The van der Waals surface area contributed by atoms with E-state index < -0.39 is 88.6 Å². The maximum Gasteiger partial charge on any atom is 0.472 e. The van der Waals surface area contributed by atoms with Gasteiger partial charge in [0.2, 0.25) is 0 Å². The molecule has 2 bridgehead atoms. The maximum atomic E-state index is 16.0. The van der Waals surface area contributed by atoms with Crippen molar-refractivity contribution in [3.63, 3.8) is 0 Å². The number of anilines is 1. The lowest BCUT2D eigenvalue weighted by atomic mass is 10.0. The molecule has 0 amide bonds. The second kappa shape index (κ2) is 10.1. The number of rotatable bonds is 2. The monoisotopic (exact) mass is 685 g/mol. The summed E-state index contributed by atoms with van der Waals surface area (Å²) in [7, 11) is -10.1. The first-order valence-corrected chi connectivity index (χ1v) is 16.9. The van der Waals surface area contributed by atoms with Crippen LogP contribution in [0.2, 0.25) is 0 Å². The molecule has 46 heavy (non-hydrogen) atoms. The summed E-state index contributed by atoms with van der Waals surface area (Å²) in [6.07, 6.45) is -6.27. The highest BCUT2D eigenvalue weighted by molar-refractivity contribution is 7.47. The van der Waals surface area contributed by atoms with E-state index >= 15 is 4.39 Å². The van der Waals surface area contributed by atoms with E-state index in [1.54, 1.807) is 6.92 Å². The summed E-state index contributed by atoms with van der Waals surface area (Å²) < 4.78 is 72.3. The zero-order valence-corrected chi connectivity index (χ0v) is 25.3. The molecule has 1 spiro atoms. The molecule has 6 N–H and O–H groups in total. The lowest BCUT2D eigenvalue weighted by molar-refractivity contribution is -0.0535. The van der Waals surface area contributed by atoms with Crippen molar-refractivity contribution in [3.05, 3.63) is 35.2 Å². The minimum atomic E-state index is -5.06. The van der Waals surface area contributed by atoms with Crippen LogP contribution in [0.4, 0.5) is 10.2 Å². The molecule has 2 aliphatic carbocycles. The molecule has 4 aromatic heterocycles. The van der Waals surface area contributed by atoms with E-state index in [-0.39, 0.29) is 40.4 Å². The number of aliphatic hydroxyl groups excluding tert-OH is 1. The van der Waals surface area contributed by atoms with Gasteiger partial charge in [-0.2, -0.15) is 0 Å². The van der Waals surface area contributed by atoms with Gasteiger partial charge >= 0.3 is 15.6 Å². The number of ether oxygens (including phenoxy) is 1. The molecule has 246 valence electrons. The summed E-state index contributed by atoms with van der Waals surface area (Å²) >= 11 is 0. The van der Waals surface area contributed by atoms with Gasteiger partial charge in [0.15, 0.2) is 35.0 Å². The molecule has 3 unspecified atom stereocenters. The fourth-order valence-corrected chi connectivity index (χ4v) is 8.81. The van der Waals surface area contributed by atoms with E-state index in [9.17, 15) is 28.8 Å². The fourth-order valence-electron chi connectivity index (χ4n) is 6.84. The second-order valence-corrected chi connectivity index (χ2v) is 14.5. The maximum absolute atomic E-state index is 16.0. The van der Waals surface area contributed by atoms with Gasteiger partial charge in [-0.25, -0.2) is 38.4 Å². The standard InChI is InChI=1S/C23H26FN9O11P2/c1-8-30-20-13(21(35)31-8)29-6-32(20)14-9-2-23(9)4-41-46(38,39)43-15-10(3-40-45(36,37)44-16(14)17(23)34)42-22(11(15)24)33-7-28-12-18(25)26-5-27-19(12)33/h5-7,9-11,14-17,22,34H,2-4H2,1H3,(H,36,37)(H,38,39)(H2,25,26,27)(H,30,31,35)/t9-,10-,11-,14-,15-,16+,17+,22-,23?/m1/s1. The molecule has 0 aromatic carbocycles. The smallest absolute Gasteiger partial charge is 0.390 e. The summed E-state index contributed by atoms with van der Waals surface area (Å²) in [4.78, 5) is 57.0. The van der Waals surface area contributed by atoms with Crippen molar-refractivity contribution in [3.8, 4) is 0 Å². The van der Waals surface area contributed by atoms with Gasteiger partial charge in [0.25, 0.3) is 5.56 Å². The lowest BCUT2D eigenvalue weighted by Gasteiger charge is -2.29. The van der Waals surface area contributed by atoms with E-state index in [4.69, 9.17) is 28.6 Å². The van der Waals surface area contributed by atoms with Gasteiger partial charge in [-0.05, 0) is 19.3 Å². The molecule has 2 saturated carbocycles. The van der Waals surface area contributed by atoms with E-state index in [0.717, 1.165) is 6.33 Å². The number of H-pyrrole nitrogens is 1. The van der Waals surface area contributed by atoms with E-state index in [2.05, 4.69) is 29.9 Å². The number of hydrogen-bond acceptors (Lipinski definition) is 15. The van der Waals surface area contributed by atoms with Crippen LogP contribution in [0.3, 0.4) is 0 Å². The van der Waals surface area contributed by atoms with Crippen LogP contribution in [0.1, 0.15) is 24.5 Å². The Morgan fingerprint density at radius 3 is 2.57 bits per heavy atom. The number of imidazole rings is 2. The van der Waals surface area contributed by atoms with Crippen LogP contribution in [-0.2, 0) is 32.0 Å². The Kier molecular flexibility index (Phi) is 6.64. The second-order valence-electron chi connectivity index (χ2n) is 11.7. The number of aryl methyl sites for hydroxylation is 1. The highest BCUT2D eigenvalue weighted by Crippen LogP contribution is 2.71. The van der Waals surface area contributed by atoms with Crippen LogP contribution in [0.25, 0.3) is 22.3 Å². The average molecular weight is 685 g/mol. The molecule has 4 aromatic rings. The molecule has 0 radical (unpaired) electrons. The molecule has 2 saturated heterocycles. The van der Waals surface area contributed by atoms with Crippen LogP contribution >= 0.6 is 15.6 Å². The number of nitrogen functional groups attached to an aromatic ring is 1. The third-order valence-electron chi connectivity index (χ3n) is 9.04. The van der Waals surface area contributed by atoms with E-state index in [1.165, 1.54) is 21.8 Å². The van der Waals surface area contributed by atoms with Gasteiger partial charge in [0, 0.05) is 5.41 Å². The topological polar surface area (TPSA) is 274 Å². The molecule has 20 nitrogen and oxygen atoms in total. The number of halogens is 1. The zero-order chi connectivity index (χ0) is 32.3. The van der Waals surface area contributed by atoms with E-state index in [0.29, 0.717) is 0 Å². The first kappa shape index (κ1) is 30.1. The number of alkyl halides is 1. The Bertz CT molecular complexity index is 2040. The molecule has 8 rings (SSSR count). The predicted octanol–water partition coefficient (Wildman–Crippen LogP) is 0.0255. The van der Waals surface area contributed by atoms with Crippen molar-refractivity contribution in [2.45, 2.75) is 56.2 Å². The summed E-state index contributed by atoms with van der Waals surface area (Å²) in [5, 5.41) is 11.4. The van der Waals surface area contributed by atoms with Gasteiger partial charge in [-0.15, -0.1) is 0 Å². The molecular weight excluding hydrogens is 659 g/mol. The Morgan fingerprint density at radius 2 is 1.76 bits per heavy atom. The van der Waals surface area contributed by atoms with Crippen molar-refractivity contribution >= 4 is 43.8 Å². The van der Waals surface area contributed by atoms with E-state index in [1.807, 2.05) is 0 Å². The van der Waals surface area contributed by atoms with Crippen molar-refractivity contribution in [1.29, 1.82) is 0 Å². The molecule has 2 aliphatic heterocycles. The minimum Gasteiger partial charge on any atom is -0.390 e. The number of aromatic amines is 1. The summed E-state index contributed by atoms with van der Waals surface area (Å²) in [6, 6.07) is -0.928. The summed E-state index contributed by atoms with van der Waals surface area (Å²) in [5.41, 5.74) is 4.40. The van der Waals surface area contributed by atoms with Crippen molar-refractivity contribution in [2.24, 2.45) is 11.3 Å². The SMILES string of the molecule is Cc1nc2c(ncn2[C@H]2[C@@H]3OP(=O)(O)OC[C@H]4O[C@@H](n5cnc6c(N)ncnc65)[C@H](F)[C@@H]4OP(=O)(O)OCC4(C[C@H]24)[C@H]3O)c(=O)[nH]1. The molecule has 23 heteroatoms. The number of phosphoric acid groups is 2. The normalized spacial score (nSPS) is 41.1. The van der Waals surface area contributed by atoms with Crippen molar-refractivity contribution < 1.29 is 51.2 Å². The number of nitrogens with one attached hydrogen (secondary N) is 1. The Balaban J connectivity index is 1.14. The van der Waals surface area contributed by atoms with Crippen molar-refractivity contribution in [1.82, 2.24) is 39.0 Å². The Labute approximate surface area is 255 Å². The molecule has 4 aliphatic rings. The highest BCUT2D eigenvalue weighted by Gasteiger charge is 2.73. The number of nitrogens with zero attached hydrogens (tertiary/aromatic N) is 7. The molecular formula is C23H26FN9O11P2. The van der Waals surface area contributed by atoms with Gasteiger partial charge in [0.1, 0.15) is 36.0 Å². The van der Waals surface area contributed by atoms with Crippen LogP contribution in [0, 0.1) is 18.3 Å². The van der Waals surface area contributed by atoms with Crippen LogP contribution in [0.5, 0.6) is 0 Å². The number of hydrogen-bond donors (Lipinski definition) is 5. The minimum absolute atomic E-state index is 0.0141. The third-order valence-corrected chi connectivity index (χ3v) is 11.0. The quantitative estimate of drug-likeness (QED) is 0.174. The Hall–Kier alpha value is -3.23.